The molecular weight excluding hydrogens is 522 g/mol. The first-order chi connectivity index (χ1) is 14.3. The Balaban J connectivity index is 0.00000341. The van der Waals surface area contributed by atoms with Gasteiger partial charge in [0.1, 0.15) is 0 Å². The van der Waals surface area contributed by atoms with Crippen LogP contribution in [0.15, 0.2) is 29.3 Å². The number of methoxy groups -OCH3 is 1. The highest BCUT2D eigenvalue weighted by Gasteiger charge is 2.40. The number of nitrogens with zero attached hydrogens (tertiary/aromatic N) is 1. The van der Waals surface area contributed by atoms with Gasteiger partial charge in [0.2, 0.25) is 0 Å². The van der Waals surface area contributed by atoms with E-state index in [1.54, 1.807) is 7.11 Å². The summed E-state index contributed by atoms with van der Waals surface area (Å²) in [6.07, 6.45) is -0.0113. The van der Waals surface area contributed by atoms with E-state index in [9.17, 15) is 13.2 Å². The van der Waals surface area contributed by atoms with Crippen LogP contribution in [0.4, 0.5) is 13.2 Å². The van der Waals surface area contributed by atoms with Crippen molar-refractivity contribution in [3.8, 4) is 0 Å². The number of nitrogens with one attached hydrogen (secondary N) is 2. The van der Waals surface area contributed by atoms with Gasteiger partial charge in [-0.15, -0.1) is 24.0 Å². The second-order valence-electron chi connectivity index (χ2n) is 8.26. The normalized spacial score (nSPS) is 20.4. The fourth-order valence-electron chi connectivity index (χ4n) is 4.18. The van der Waals surface area contributed by atoms with Gasteiger partial charge in [0.25, 0.3) is 0 Å². The van der Waals surface area contributed by atoms with Gasteiger partial charge in [0.15, 0.2) is 5.96 Å². The van der Waals surface area contributed by atoms with Gasteiger partial charge in [-0.25, -0.2) is 0 Å². The topological polar surface area (TPSA) is 54.9 Å². The Morgan fingerprint density at radius 1 is 1.16 bits per heavy atom. The second-order valence-corrected chi connectivity index (χ2v) is 8.26. The van der Waals surface area contributed by atoms with Gasteiger partial charge in [-0.05, 0) is 31.4 Å². The molecule has 176 valence electrons. The van der Waals surface area contributed by atoms with Crippen LogP contribution < -0.4 is 10.6 Å². The summed E-state index contributed by atoms with van der Waals surface area (Å²) in [5.74, 6) is 0.665. The molecule has 0 atom stereocenters. The molecule has 3 rings (SSSR count). The smallest absolute Gasteiger partial charge is 0.381 e. The highest BCUT2D eigenvalue weighted by molar-refractivity contribution is 14.0. The van der Waals surface area contributed by atoms with Crippen molar-refractivity contribution in [2.75, 3.05) is 40.0 Å². The van der Waals surface area contributed by atoms with Crippen LogP contribution in [0.2, 0.25) is 0 Å². The molecule has 0 aromatic heterocycles. The molecule has 0 spiro atoms. The van der Waals surface area contributed by atoms with E-state index >= 15 is 0 Å². The summed E-state index contributed by atoms with van der Waals surface area (Å²) in [6, 6.07) is 5.74. The Labute approximate surface area is 199 Å². The molecule has 5 nitrogen and oxygen atoms in total. The molecule has 9 heteroatoms. The Hall–Kier alpha value is -1.07. The minimum atomic E-state index is -4.33. The third kappa shape index (κ3) is 6.47. The average molecular weight is 555 g/mol. The maximum atomic E-state index is 13.2. The molecule has 1 saturated carbocycles. The van der Waals surface area contributed by atoms with E-state index < -0.39 is 11.7 Å². The number of hydrogen-bond acceptors (Lipinski definition) is 3. The van der Waals surface area contributed by atoms with E-state index in [1.807, 2.05) is 13.0 Å². The first-order valence-electron chi connectivity index (χ1n) is 10.7. The lowest BCUT2D eigenvalue weighted by atomic mass is 9.64. The second kappa shape index (κ2) is 11.2. The Morgan fingerprint density at radius 2 is 1.87 bits per heavy atom. The molecule has 1 saturated heterocycles. The maximum Gasteiger partial charge on any atom is 0.416 e. The molecule has 2 N–H and O–H groups in total. The predicted octanol–water partition coefficient (Wildman–Crippen LogP) is 4.50. The standard InChI is InChI=1S/C22H32F3N3O2.HI/c1-3-26-19(28-16-21(29-2)10-12-30-13-11-21)27-15-20(8-5-9-20)17-6-4-7-18(14-17)22(23,24)25;/h4,6-7,14H,3,5,8-13,15-16H2,1-2H3,(H2,26,27,28);1H. The molecule has 1 aromatic carbocycles. The molecule has 1 aromatic rings. The minimum absolute atomic E-state index is 0. The van der Waals surface area contributed by atoms with E-state index in [1.165, 1.54) is 12.1 Å². The lowest BCUT2D eigenvalue weighted by Gasteiger charge is -2.43. The van der Waals surface area contributed by atoms with Gasteiger partial charge in [-0.2, -0.15) is 13.2 Å². The van der Waals surface area contributed by atoms with Crippen molar-refractivity contribution < 1.29 is 22.6 Å². The third-order valence-electron chi connectivity index (χ3n) is 6.41. The van der Waals surface area contributed by atoms with Crippen molar-refractivity contribution in [1.29, 1.82) is 0 Å². The SMILES string of the molecule is CCNC(=NCC1(OC)CCOCC1)NCC1(c2cccc(C(F)(F)F)c2)CCC1.I. The number of ether oxygens (including phenoxy) is 2. The van der Waals surface area contributed by atoms with Gasteiger partial charge >= 0.3 is 6.18 Å². The molecule has 31 heavy (non-hydrogen) atoms. The molecule has 0 radical (unpaired) electrons. The fourth-order valence-corrected chi connectivity index (χ4v) is 4.18. The van der Waals surface area contributed by atoms with Gasteiger partial charge in [0.05, 0.1) is 17.7 Å². The number of aliphatic imine (C=N–C) groups is 1. The van der Waals surface area contributed by atoms with E-state index in [2.05, 4.69) is 10.6 Å². The van der Waals surface area contributed by atoms with E-state index in [0.717, 1.165) is 43.7 Å². The summed E-state index contributed by atoms with van der Waals surface area (Å²) in [7, 11) is 1.71. The summed E-state index contributed by atoms with van der Waals surface area (Å²) in [6.45, 7) is 5.06. The van der Waals surface area contributed by atoms with Crippen LogP contribution in [0.3, 0.4) is 0 Å². The van der Waals surface area contributed by atoms with Crippen LogP contribution in [0.25, 0.3) is 0 Å². The zero-order valence-electron chi connectivity index (χ0n) is 18.2. The quantitative estimate of drug-likeness (QED) is 0.296. The van der Waals surface area contributed by atoms with Gasteiger partial charge in [-0.3, -0.25) is 4.99 Å². The van der Waals surface area contributed by atoms with Crippen LogP contribution in [0, 0.1) is 0 Å². The molecule has 1 heterocycles. The van der Waals surface area contributed by atoms with Crippen molar-refractivity contribution in [3.63, 3.8) is 0 Å². The number of halogens is 4. The molecule has 0 unspecified atom stereocenters. The molecule has 0 amide bonds. The monoisotopic (exact) mass is 555 g/mol. The van der Waals surface area contributed by atoms with Crippen molar-refractivity contribution in [1.82, 2.24) is 10.6 Å². The highest BCUT2D eigenvalue weighted by Crippen LogP contribution is 2.44. The van der Waals surface area contributed by atoms with Gasteiger partial charge in [0, 0.05) is 51.7 Å². The molecule has 1 aliphatic carbocycles. The lowest BCUT2D eigenvalue weighted by molar-refractivity contribution is -0.137. The van der Waals surface area contributed by atoms with Crippen molar-refractivity contribution in [3.05, 3.63) is 35.4 Å². The average Bonchev–Trinajstić information content (AvgIpc) is 2.71. The zero-order valence-corrected chi connectivity index (χ0v) is 20.5. The maximum absolute atomic E-state index is 13.2. The highest BCUT2D eigenvalue weighted by atomic mass is 127. The van der Waals surface area contributed by atoms with Crippen molar-refractivity contribution in [2.24, 2.45) is 4.99 Å². The van der Waals surface area contributed by atoms with Gasteiger partial charge < -0.3 is 20.1 Å². The van der Waals surface area contributed by atoms with Crippen LogP contribution >= 0.6 is 24.0 Å². The first-order valence-corrected chi connectivity index (χ1v) is 10.7. The Morgan fingerprint density at radius 3 is 2.42 bits per heavy atom. The van der Waals surface area contributed by atoms with Crippen LogP contribution in [-0.4, -0.2) is 51.5 Å². The number of hydrogen-bond donors (Lipinski definition) is 2. The minimum Gasteiger partial charge on any atom is -0.381 e. The van der Waals surface area contributed by atoms with E-state index in [-0.39, 0.29) is 35.0 Å². The molecule has 2 fully saturated rings. The number of benzene rings is 1. The Kier molecular flexibility index (Phi) is 9.44. The Bertz CT molecular complexity index is 733. The number of rotatable bonds is 7. The molecule has 2 aliphatic rings. The number of alkyl halides is 3. The first kappa shape index (κ1) is 26.2. The van der Waals surface area contributed by atoms with Crippen LogP contribution in [-0.2, 0) is 21.1 Å². The molecule has 0 bridgehead atoms. The van der Waals surface area contributed by atoms with E-state index in [0.29, 0.717) is 38.8 Å². The van der Waals surface area contributed by atoms with Crippen LogP contribution in [0.1, 0.15) is 50.2 Å². The van der Waals surface area contributed by atoms with Crippen molar-refractivity contribution in [2.45, 2.75) is 56.2 Å². The van der Waals surface area contributed by atoms with Crippen LogP contribution in [0.5, 0.6) is 0 Å². The fraction of sp³-hybridized carbons (Fsp3) is 0.682. The summed E-state index contributed by atoms with van der Waals surface area (Å²) in [5, 5.41) is 6.62. The number of guanidine groups is 1. The summed E-state index contributed by atoms with van der Waals surface area (Å²) in [4.78, 5) is 4.73. The third-order valence-corrected chi connectivity index (χ3v) is 6.41. The zero-order chi connectivity index (χ0) is 21.7. The summed E-state index contributed by atoms with van der Waals surface area (Å²) < 4.78 is 50.7. The van der Waals surface area contributed by atoms with E-state index in [4.69, 9.17) is 14.5 Å². The summed E-state index contributed by atoms with van der Waals surface area (Å²) in [5.41, 5.74) is -0.469. The summed E-state index contributed by atoms with van der Waals surface area (Å²) >= 11 is 0. The molecular formula is C22H33F3IN3O2. The predicted molar refractivity (Wildman–Crippen MR) is 126 cm³/mol. The van der Waals surface area contributed by atoms with Crippen molar-refractivity contribution >= 4 is 29.9 Å². The largest absolute Gasteiger partial charge is 0.416 e. The van der Waals surface area contributed by atoms with Gasteiger partial charge in [-0.1, -0.05) is 24.6 Å². The molecule has 1 aliphatic heterocycles. The lowest BCUT2D eigenvalue weighted by Crippen LogP contribution is -2.49.